The summed E-state index contributed by atoms with van der Waals surface area (Å²) in [6.07, 6.45) is 4.48. The van der Waals surface area contributed by atoms with E-state index < -0.39 is 0 Å². The third-order valence-corrected chi connectivity index (χ3v) is 2.69. The molecule has 0 spiro atoms. The van der Waals surface area contributed by atoms with E-state index in [4.69, 9.17) is 0 Å². The van der Waals surface area contributed by atoms with Gasteiger partial charge in [0.15, 0.2) is 0 Å². The second-order valence-electron chi connectivity index (χ2n) is 3.52. The van der Waals surface area contributed by atoms with Crippen molar-refractivity contribution in [2.45, 2.75) is 27.2 Å². The largest absolute Gasteiger partial charge is 0.207 e. The summed E-state index contributed by atoms with van der Waals surface area (Å²) in [7, 11) is 0. The first-order chi connectivity index (χ1) is 7.15. The Balaban J connectivity index is 3.54. The van der Waals surface area contributed by atoms with Crippen LogP contribution in [-0.4, -0.2) is 0 Å². The topological polar surface area (TPSA) is 0 Å². The molecule has 0 aliphatic carbocycles. The summed E-state index contributed by atoms with van der Waals surface area (Å²) in [5, 5.41) is 0. The van der Waals surface area contributed by atoms with Crippen LogP contribution in [0.2, 0.25) is 0 Å². The van der Waals surface area contributed by atoms with Crippen LogP contribution in [0, 0.1) is 5.82 Å². The van der Waals surface area contributed by atoms with E-state index in [0.29, 0.717) is 6.42 Å². The van der Waals surface area contributed by atoms with Crippen molar-refractivity contribution in [2.24, 2.45) is 0 Å². The van der Waals surface area contributed by atoms with E-state index in [9.17, 15) is 4.39 Å². The first-order valence-electron chi connectivity index (χ1n) is 5.22. The molecule has 0 saturated heterocycles. The molecule has 0 aliphatic heterocycles. The van der Waals surface area contributed by atoms with Crippen molar-refractivity contribution >= 4 is 11.6 Å². The number of rotatable bonds is 3. The smallest absolute Gasteiger partial charge is 0.127 e. The first kappa shape index (κ1) is 11.7. The molecule has 0 aromatic heterocycles. The van der Waals surface area contributed by atoms with Crippen LogP contribution in [0.4, 0.5) is 4.39 Å². The molecule has 0 bridgehead atoms. The highest BCUT2D eigenvalue weighted by Crippen LogP contribution is 2.27. The maximum absolute atomic E-state index is 13.6. The summed E-state index contributed by atoms with van der Waals surface area (Å²) in [6.45, 7) is 9.70. The zero-order valence-corrected chi connectivity index (χ0v) is 9.60. The van der Waals surface area contributed by atoms with E-state index in [1.807, 2.05) is 26.8 Å². The molecule has 15 heavy (non-hydrogen) atoms. The van der Waals surface area contributed by atoms with Crippen molar-refractivity contribution < 1.29 is 4.39 Å². The van der Waals surface area contributed by atoms with Crippen LogP contribution in [0.5, 0.6) is 0 Å². The Morgan fingerprint density at radius 3 is 2.60 bits per heavy atom. The predicted molar refractivity (Wildman–Crippen MR) is 65.2 cm³/mol. The minimum Gasteiger partial charge on any atom is -0.207 e. The molecule has 0 radical (unpaired) electrons. The lowest BCUT2D eigenvalue weighted by molar-refractivity contribution is 0.611. The summed E-state index contributed by atoms with van der Waals surface area (Å²) in [5.41, 5.74) is 3.88. The molecule has 0 N–H and O–H groups in total. The number of allylic oxidation sites excluding steroid dienone is 2. The number of halogens is 1. The maximum atomic E-state index is 13.6. The Kier molecular flexibility index (Phi) is 3.84. The van der Waals surface area contributed by atoms with Gasteiger partial charge in [-0.3, -0.25) is 0 Å². The Hall–Kier alpha value is -1.37. The average Bonchev–Trinajstić information content (AvgIpc) is 2.27. The summed E-state index contributed by atoms with van der Waals surface area (Å²) in [6, 6.07) is 3.30. The molecule has 0 atom stereocenters. The Morgan fingerprint density at radius 1 is 1.47 bits per heavy atom. The van der Waals surface area contributed by atoms with Crippen molar-refractivity contribution in [3.05, 3.63) is 47.3 Å². The SMILES string of the molecule is C=Cc1ccc(F)c(CC)c1/C(C)=C\C. The molecule has 0 amide bonds. The molecule has 0 heterocycles. The fourth-order valence-corrected chi connectivity index (χ4v) is 1.77. The highest BCUT2D eigenvalue weighted by atomic mass is 19.1. The minimum atomic E-state index is -0.126. The van der Waals surface area contributed by atoms with E-state index >= 15 is 0 Å². The second kappa shape index (κ2) is 4.92. The molecule has 1 heteroatoms. The molecular weight excluding hydrogens is 187 g/mol. The molecular formula is C14H17F. The Labute approximate surface area is 91.1 Å². The molecule has 0 saturated carbocycles. The lowest BCUT2D eigenvalue weighted by Gasteiger charge is -2.13. The molecule has 1 rings (SSSR count). The molecule has 1 aromatic rings. The van der Waals surface area contributed by atoms with Gasteiger partial charge >= 0.3 is 0 Å². The molecule has 0 fully saturated rings. The maximum Gasteiger partial charge on any atom is 0.127 e. The van der Waals surface area contributed by atoms with Gasteiger partial charge in [-0.25, -0.2) is 4.39 Å². The van der Waals surface area contributed by atoms with Gasteiger partial charge < -0.3 is 0 Å². The molecule has 0 nitrogen and oxygen atoms in total. The van der Waals surface area contributed by atoms with Crippen molar-refractivity contribution in [1.82, 2.24) is 0 Å². The van der Waals surface area contributed by atoms with Crippen LogP contribution in [0.15, 0.2) is 24.8 Å². The van der Waals surface area contributed by atoms with Gasteiger partial charge in [0.05, 0.1) is 0 Å². The summed E-state index contributed by atoms with van der Waals surface area (Å²) in [4.78, 5) is 0. The van der Waals surface area contributed by atoms with E-state index in [1.165, 1.54) is 6.07 Å². The van der Waals surface area contributed by atoms with Gasteiger partial charge in [0, 0.05) is 0 Å². The van der Waals surface area contributed by atoms with Crippen LogP contribution in [0.25, 0.3) is 11.6 Å². The number of hydrogen-bond donors (Lipinski definition) is 0. The van der Waals surface area contributed by atoms with Gasteiger partial charge in [-0.1, -0.05) is 31.7 Å². The zero-order valence-electron chi connectivity index (χ0n) is 9.60. The standard InChI is InChI=1S/C14H17F/c1-5-10(4)14-11(6-2)8-9-13(15)12(14)7-3/h5-6,8-9H,2,7H2,1,3-4H3/b10-5-. The lowest BCUT2D eigenvalue weighted by Crippen LogP contribution is -1.98. The van der Waals surface area contributed by atoms with Gasteiger partial charge in [0.2, 0.25) is 0 Å². The third kappa shape index (κ3) is 2.17. The second-order valence-corrected chi connectivity index (χ2v) is 3.52. The van der Waals surface area contributed by atoms with Crippen LogP contribution in [0.1, 0.15) is 37.5 Å². The highest BCUT2D eigenvalue weighted by molar-refractivity contribution is 5.75. The fourth-order valence-electron chi connectivity index (χ4n) is 1.77. The Bertz CT molecular complexity index is 400. The summed E-state index contributed by atoms with van der Waals surface area (Å²) < 4.78 is 13.6. The van der Waals surface area contributed by atoms with Crippen molar-refractivity contribution in [2.75, 3.05) is 0 Å². The quantitative estimate of drug-likeness (QED) is 0.682. The molecule has 0 unspecified atom stereocenters. The number of hydrogen-bond acceptors (Lipinski definition) is 0. The van der Waals surface area contributed by atoms with E-state index in [0.717, 1.165) is 22.3 Å². The zero-order chi connectivity index (χ0) is 11.4. The summed E-state index contributed by atoms with van der Waals surface area (Å²) in [5.74, 6) is -0.126. The van der Waals surface area contributed by atoms with Crippen LogP contribution in [-0.2, 0) is 6.42 Å². The van der Waals surface area contributed by atoms with Crippen molar-refractivity contribution in [3.63, 3.8) is 0 Å². The molecule has 1 aromatic carbocycles. The highest BCUT2D eigenvalue weighted by Gasteiger charge is 2.11. The monoisotopic (exact) mass is 204 g/mol. The predicted octanol–water partition coefficient (Wildman–Crippen LogP) is 4.45. The van der Waals surface area contributed by atoms with Gasteiger partial charge in [-0.2, -0.15) is 0 Å². The van der Waals surface area contributed by atoms with Gasteiger partial charge in [-0.05, 0) is 48.6 Å². The molecule has 80 valence electrons. The lowest BCUT2D eigenvalue weighted by atomic mass is 9.93. The van der Waals surface area contributed by atoms with Gasteiger partial charge in [0.1, 0.15) is 5.82 Å². The van der Waals surface area contributed by atoms with E-state index in [2.05, 4.69) is 6.58 Å². The first-order valence-corrected chi connectivity index (χ1v) is 5.22. The van der Waals surface area contributed by atoms with Crippen molar-refractivity contribution in [3.8, 4) is 0 Å². The average molecular weight is 204 g/mol. The summed E-state index contributed by atoms with van der Waals surface area (Å²) >= 11 is 0. The Morgan fingerprint density at radius 2 is 2.13 bits per heavy atom. The van der Waals surface area contributed by atoms with E-state index in [1.54, 1.807) is 12.1 Å². The van der Waals surface area contributed by atoms with E-state index in [-0.39, 0.29) is 5.82 Å². The van der Waals surface area contributed by atoms with Crippen molar-refractivity contribution in [1.29, 1.82) is 0 Å². The van der Waals surface area contributed by atoms with Crippen LogP contribution >= 0.6 is 0 Å². The minimum absolute atomic E-state index is 0.126. The fraction of sp³-hybridized carbons (Fsp3) is 0.286. The van der Waals surface area contributed by atoms with Gasteiger partial charge in [-0.15, -0.1) is 0 Å². The third-order valence-electron chi connectivity index (χ3n) is 2.69. The van der Waals surface area contributed by atoms with Gasteiger partial charge in [0.25, 0.3) is 0 Å². The normalized spacial score (nSPS) is 11.6. The number of benzene rings is 1. The van der Waals surface area contributed by atoms with Crippen LogP contribution < -0.4 is 0 Å². The van der Waals surface area contributed by atoms with Crippen LogP contribution in [0.3, 0.4) is 0 Å². The molecule has 0 aliphatic rings.